The fraction of sp³-hybridized carbons (Fsp3) is 0.579. The first-order valence-electron chi connectivity index (χ1n) is 9.18. The predicted octanol–water partition coefficient (Wildman–Crippen LogP) is 2.56. The van der Waals surface area contributed by atoms with E-state index in [2.05, 4.69) is 22.5 Å². The zero-order valence-electron chi connectivity index (χ0n) is 15.8. The number of nitrogens with one attached hydrogen (secondary N) is 2. The van der Waals surface area contributed by atoms with Crippen molar-refractivity contribution < 1.29 is 9.53 Å². The number of carbonyl (C=O) groups excluding carboxylic acids is 1. The zero-order valence-corrected chi connectivity index (χ0v) is 18.1. The minimum atomic E-state index is 0. The van der Waals surface area contributed by atoms with E-state index in [4.69, 9.17) is 4.74 Å². The van der Waals surface area contributed by atoms with Crippen LogP contribution in [0.2, 0.25) is 0 Å². The smallest absolute Gasteiger partial charge is 0.222 e. The van der Waals surface area contributed by atoms with Gasteiger partial charge in [0, 0.05) is 32.6 Å². The minimum Gasteiger partial charge on any atom is -0.492 e. The van der Waals surface area contributed by atoms with Crippen LogP contribution in [0.3, 0.4) is 0 Å². The number of amides is 1. The molecular weight excluding hydrogens is 443 g/mol. The average molecular weight is 474 g/mol. The van der Waals surface area contributed by atoms with Gasteiger partial charge in [-0.05, 0) is 38.8 Å². The molecular formula is C19H31IN4O2. The molecule has 0 spiro atoms. The van der Waals surface area contributed by atoms with Gasteiger partial charge in [-0.3, -0.25) is 9.79 Å². The van der Waals surface area contributed by atoms with E-state index in [1.807, 2.05) is 36.1 Å². The Morgan fingerprint density at radius 2 is 2.04 bits per heavy atom. The van der Waals surface area contributed by atoms with Crippen LogP contribution < -0.4 is 15.4 Å². The van der Waals surface area contributed by atoms with Gasteiger partial charge in [0.2, 0.25) is 5.91 Å². The summed E-state index contributed by atoms with van der Waals surface area (Å²) in [6.45, 7) is 8.59. The third-order valence-corrected chi connectivity index (χ3v) is 4.06. The number of nitrogens with zero attached hydrogens (tertiary/aromatic N) is 2. The molecule has 26 heavy (non-hydrogen) atoms. The van der Waals surface area contributed by atoms with Crippen molar-refractivity contribution in [3.8, 4) is 5.75 Å². The SMILES string of the molecule is CCNC(=NCCCN1CCCC1=O)NCCOc1ccc(C)cc1.I. The van der Waals surface area contributed by atoms with Gasteiger partial charge in [0.1, 0.15) is 12.4 Å². The van der Waals surface area contributed by atoms with Crippen molar-refractivity contribution in [3.63, 3.8) is 0 Å². The van der Waals surface area contributed by atoms with Crippen LogP contribution in [0.25, 0.3) is 0 Å². The number of hydrogen-bond acceptors (Lipinski definition) is 3. The molecule has 0 unspecified atom stereocenters. The lowest BCUT2D eigenvalue weighted by Crippen LogP contribution is -2.39. The van der Waals surface area contributed by atoms with Crippen LogP contribution in [-0.4, -0.2) is 56.1 Å². The Morgan fingerprint density at radius 3 is 2.69 bits per heavy atom. The molecule has 0 aliphatic carbocycles. The first-order chi connectivity index (χ1) is 12.2. The molecule has 1 amide bonds. The summed E-state index contributed by atoms with van der Waals surface area (Å²) in [5.74, 6) is 1.95. The second-order valence-electron chi connectivity index (χ2n) is 6.19. The van der Waals surface area contributed by atoms with Gasteiger partial charge >= 0.3 is 0 Å². The summed E-state index contributed by atoms with van der Waals surface area (Å²) in [7, 11) is 0. The molecule has 1 aliphatic heterocycles. The summed E-state index contributed by atoms with van der Waals surface area (Å²) in [5, 5.41) is 6.50. The zero-order chi connectivity index (χ0) is 17.9. The molecule has 1 aromatic carbocycles. The van der Waals surface area contributed by atoms with Gasteiger partial charge in [-0.15, -0.1) is 24.0 Å². The van der Waals surface area contributed by atoms with E-state index in [0.29, 0.717) is 26.1 Å². The predicted molar refractivity (Wildman–Crippen MR) is 117 cm³/mol. The van der Waals surface area contributed by atoms with Crippen LogP contribution in [0.5, 0.6) is 5.75 Å². The van der Waals surface area contributed by atoms with E-state index in [1.165, 1.54) is 5.56 Å². The maximum atomic E-state index is 11.6. The molecule has 1 aliphatic rings. The molecule has 146 valence electrons. The summed E-state index contributed by atoms with van der Waals surface area (Å²) in [5.41, 5.74) is 1.22. The van der Waals surface area contributed by atoms with Gasteiger partial charge in [0.15, 0.2) is 5.96 Å². The molecule has 1 fully saturated rings. The van der Waals surface area contributed by atoms with E-state index in [0.717, 1.165) is 44.2 Å². The molecule has 1 aromatic rings. The number of halogens is 1. The molecule has 7 heteroatoms. The van der Waals surface area contributed by atoms with Crippen LogP contribution in [-0.2, 0) is 4.79 Å². The van der Waals surface area contributed by atoms with E-state index < -0.39 is 0 Å². The number of aliphatic imine (C=N–C) groups is 1. The largest absolute Gasteiger partial charge is 0.492 e. The molecule has 2 N–H and O–H groups in total. The van der Waals surface area contributed by atoms with Crippen molar-refractivity contribution in [1.82, 2.24) is 15.5 Å². The molecule has 0 atom stereocenters. The summed E-state index contributed by atoms with van der Waals surface area (Å²) in [4.78, 5) is 18.1. The number of rotatable bonds is 9. The average Bonchev–Trinajstić information content (AvgIpc) is 3.02. The third kappa shape index (κ3) is 8.25. The third-order valence-electron chi connectivity index (χ3n) is 4.06. The Morgan fingerprint density at radius 1 is 1.27 bits per heavy atom. The van der Waals surface area contributed by atoms with E-state index in [9.17, 15) is 4.79 Å². The number of benzene rings is 1. The highest BCUT2D eigenvalue weighted by Crippen LogP contribution is 2.11. The number of aryl methyl sites for hydroxylation is 1. The highest BCUT2D eigenvalue weighted by molar-refractivity contribution is 14.0. The fourth-order valence-electron chi connectivity index (χ4n) is 2.71. The molecule has 1 saturated heterocycles. The van der Waals surface area contributed by atoms with Crippen molar-refractivity contribution >= 4 is 35.8 Å². The Bertz CT molecular complexity index is 563. The van der Waals surface area contributed by atoms with Crippen LogP contribution in [0, 0.1) is 6.92 Å². The van der Waals surface area contributed by atoms with Gasteiger partial charge in [-0.1, -0.05) is 17.7 Å². The normalized spacial score (nSPS) is 14.2. The van der Waals surface area contributed by atoms with Gasteiger partial charge in [-0.2, -0.15) is 0 Å². The Kier molecular flexibility index (Phi) is 11.1. The van der Waals surface area contributed by atoms with Crippen LogP contribution in [0.15, 0.2) is 29.3 Å². The maximum absolute atomic E-state index is 11.6. The van der Waals surface area contributed by atoms with Gasteiger partial charge in [0.05, 0.1) is 6.54 Å². The fourth-order valence-corrected chi connectivity index (χ4v) is 2.71. The van der Waals surface area contributed by atoms with Crippen molar-refractivity contribution in [2.24, 2.45) is 4.99 Å². The molecule has 6 nitrogen and oxygen atoms in total. The summed E-state index contributed by atoms with van der Waals surface area (Å²) >= 11 is 0. The quantitative estimate of drug-likeness (QED) is 0.250. The second kappa shape index (κ2) is 12.8. The number of guanidine groups is 1. The van der Waals surface area contributed by atoms with E-state index in [1.54, 1.807) is 0 Å². The van der Waals surface area contributed by atoms with Crippen molar-refractivity contribution in [2.75, 3.05) is 39.3 Å². The number of likely N-dealkylation sites (tertiary alicyclic amines) is 1. The Balaban J connectivity index is 0.00000338. The van der Waals surface area contributed by atoms with Gasteiger partial charge in [0.25, 0.3) is 0 Å². The summed E-state index contributed by atoms with van der Waals surface area (Å²) in [6, 6.07) is 8.04. The van der Waals surface area contributed by atoms with Crippen molar-refractivity contribution in [1.29, 1.82) is 0 Å². The van der Waals surface area contributed by atoms with Crippen LogP contribution in [0.4, 0.5) is 0 Å². The lowest BCUT2D eigenvalue weighted by atomic mass is 10.2. The number of ether oxygens (including phenoxy) is 1. The Labute approximate surface area is 173 Å². The second-order valence-corrected chi connectivity index (χ2v) is 6.19. The lowest BCUT2D eigenvalue weighted by Gasteiger charge is -2.15. The monoisotopic (exact) mass is 474 g/mol. The molecule has 1 heterocycles. The van der Waals surface area contributed by atoms with E-state index in [-0.39, 0.29) is 29.9 Å². The molecule has 0 aromatic heterocycles. The summed E-state index contributed by atoms with van der Waals surface area (Å²) in [6.07, 6.45) is 2.59. The lowest BCUT2D eigenvalue weighted by molar-refractivity contribution is -0.127. The summed E-state index contributed by atoms with van der Waals surface area (Å²) < 4.78 is 5.71. The highest BCUT2D eigenvalue weighted by Gasteiger charge is 2.18. The molecule has 0 radical (unpaired) electrons. The minimum absolute atomic E-state index is 0. The van der Waals surface area contributed by atoms with Crippen LogP contribution in [0.1, 0.15) is 31.7 Å². The number of hydrogen-bond donors (Lipinski definition) is 2. The molecule has 2 rings (SSSR count). The van der Waals surface area contributed by atoms with Crippen molar-refractivity contribution in [3.05, 3.63) is 29.8 Å². The first-order valence-corrected chi connectivity index (χ1v) is 9.18. The maximum Gasteiger partial charge on any atom is 0.222 e. The highest BCUT2D eigenvalue weighted by atomic mass is 127. The van der Waals surface area contributed by atoms with Crippen LogP contribution >= 0.6 is 24.0 Å². The molecule has 0 bridgehead atoms. The standard InChI is InChI=1S/C19H30N4O2.HI/c1-3-20-19(21-11-5-14-23-13-4-6-18(23)24)22-12-15-25-17-9-7-16(2)8-10-17;/h7-10H,3-6,11-15H2,1-2H3,(H2,20,21,22);1H. The molecule has 0 saturated carbocycles. The Hall–Kier alpha value is -1.51. The topological polar surface area (TPSA) is 66.0 Å². The van der Waals surface area contributed by atoms with E-state index >= 15 is 0 Å². The van der Waals surface area contributed by atoms with Crippen molar-refractivity contribution in [2.45, 2.75) is 33.1 Å². The number of carbonyl (C=O) groups is 1. The first kappa shape index (κ1) is 22.5. The van der Waals surface area contributed by atoms with Gasteiger partial charge in [-0.25, -0.2) is 0 Å². The van der Waals surface area contributed by atoms with Gasteiger partial charge < -0.3 is 20.3 Å².